The van der Waals surface area contributed by atoms with Crippen molar-refractivity contribution in [3.63, 3.8) is 0 Å². The average Bonchev–Trinajstić information content (AvgIpc) is 1.60. The average molecular weight is 1870 g/mol. The molecule has 12 heterocycles. The number of nitrogens with zero attached hydrogens (tertiary/aromatic N) is 13. The van der Waals surface area contributed by atoms with Crippen LogP contribution in [0.1, 0.15) is 0 Å². The van der Waals surface area contributed by atoms with Gasteiger partial charge >= 0.3 is 0 Å². The monoisotopic (exact) mass is 1870 g/mol. The molecule has 0 saturated heterocycles. The molecule has 0 unspecified atom stereocenters. The number of rotatable bonds is 12. The summed E-state index contributed by atoms with van der Waals surface area (Å²) in [5.41, 5.74) is 23.1. The van der Waals surface area contributed by atoms with Crippen LogP contribution in [0.2, 0.25) is 0 Å². The molecule has 0 radical (unpaired) electrons. The molecular weight excluding hydrogens is 1800 g/mol. The minimum Gasteiger partial charge on any atom is -0.456 e. The summed E-state index contributed by atoms with van der Waals surface area (Å²) >= 11 is 5.06. The Morgan fingerprint density at radius 2 is 0.482 bits per heavy atom. The summed E-state index contributed by atoms with van der Waals surface area (Å²) in [6, 6.07) is 137. The van der Waals surface area contributed by atoms with E-state index in [1.54, 1.807) is 34.0 Å². The third kappa shape index (κ3) is 14.1. The lowest BCUT2D eigenvalue weighted by atomic mass is 10.0. The van der Waals surface area contributed by atoms with Crippen LogP contribution in [0.15, 0.2) is 429 Å². The van der Waals surface area contributed by atoms with Gasteiger partial charge in [0.1, 0.15) is 70.9 Å². The van der Waals surface area contributed by atoms with Crippen molar-refractivity contribution < 1.29 is 22.1 Å². The Hall–Kier alpha value is -18.5. The van der Waals surface area contributed by atoms with Gasteiger partial charge in [0.05, 0.1) is 47.2 Å². The van der Waals surface area contributed by atoms with Gasteiger partial charge in [-0.2, -0.15) is 9.97 Å². The summed E-state index contributed by atoms with van der Waals surface area (Å²) in [5.74, 6) is 5.15. The van der Waals surface area contributed by atoms with Crippen LogP contribution in [-0.4, -0.2) is 64.4 Å². The molecule has 0 saturated carbocycles. The summed E-state index contributed by atoms with van der Waals surface area (Å²) in [7, 11) is 0. The van der Waals surface area contributed by atoms with Crippen molar-refractivity contribution in [2.75, 3.05) is 0 Å². The molecule has 0 N–H and O–H groups in total. The molecule has 18 aromatic carbocycles. The fourth-order valence-electron chi connectivity index (χ4n) is 19.3. The normalized spacial score (nSPS) is 11.8. The molecule has 21 heteroatoms. The second-order valence-corrected chi connectivity index (χ2v) is 37.5. The molecule has 30 aromatic rings. The van der Waals surface area contributed by atoms with Gasteiger partial charge in [-0.1, -0.05) is 255 Å². The number of benzene rings is 18. The highest BCUT2D eigenvalue weighted by Gasteiger charge is 2.27. The summed E-state index contributed by atoms with van der Waals surface area (Å²) in [6.45, 7) is 0. The number of aromatic nitrogens is 13. The van der Waals surface area contributed by atoms with Crippen molar-refractivity contribution >= 4 is 196 Å². The SMILES string of the molecule is c1ccc(-c2nc(-c3ccc4c(c3)oc3ccccc34)nc(-c3cccc4oc5ccc(-c6nc7ccccc7s6)cc5c34)n2)cc1.c1ccc(-c2nc(-c3cccc4c3oc3ccccc34)nc(-c3cccc4oc5ccc(-c6nc7ccccc7s6)cc5c34)n2)cc1.c1ccc(-c2nc(-c3cccc4oc5ccc(-c6nc7ccccc7s6)cc5c34)nc(-n3c4ccccc4c4ccccc43)n2)cc1. The van der Waals surface area contributed by atoms with Crippen LogP contribution in [0.4, 0.5) is 0 Å². The molecular formula is C120H67N13O5S3. The lowest BCUT2D eigenvalue weighted by molar-refractivity contribution is 0.668. The molecule has 0 spiro atoms. The number of furan rings is 5. The lowest BCUT2D eigenvalue weighted by Gasteiger charge is -2.11. The fourth-order valence-corrected chi connectivity index (χ4v) is 22.2. The van der Waals surface area contributed by atoms with Crippen LogP contribution < -0.4 is 0 Å². The molecule has 660 valence electrons. The van der Waals surface area contributed by atoms with Gasteiger partial charge in [0.15, 0.2) is 46.6 Å². The highest BCUT2D eigenvalue weighted by atomic mass is 32.1. The zero-order valence-electron chi connectivity index (χ0n) is 74.3. The van der Waals surface area contributed by atoms with Crippen molar-refractivity contribution in [3.8, 4) is 129 Å². The largest absolute Gasteiger partial charge is 0.456 e. The van der Waals surface area contributed by atoms with Crippen LogP contribution in [0.25, 0.3) is 291 Å². The van der Waals surface area contributed by atoms with Crippen LogP contribution in [-0.2, 0) is 0 Å². The van der Waals surface area contributed by atoms with Gasteiger partial charge in [-0.05, 0) is 152 Å². The zero-order valence-corrected chi connectivity index (χ0v) is 76.7. The van der Waals surface area contributed by atoms with Crippen LogP contribution in [0.3, 0.4) is 0 Å². The van der Waals surface area contributed by atoms with Crippen LogP contribution in [0, 0.1) is 0 Å². The highest BCUT2D eigenvalue weighted by Crippen LogP contribution is 2.47. The zero-order chi connectivity index (χ0) is 92.7. The second-order valence-electron chi connectivity index (χ2n) is 34.4. The van der Waals surface area contributed by atoms with E-state index in [0.717, 1.165) is 238 Å². The molecule has 0 aliphatic carbocycles. The van der Waals surface area contributed by atoms with Crippen molar-refractivity contribution in [3.05, 3.63) is 406 Å². The first-order valence-corrected chi connectivity index (χ1v) is 48.5. The first kappa shape index (κ1) is 80.9. The molecule has 18 nitrogen and oxygen atoms in total. The van der Waals surface area contributed by atoms with E-state index >= 15 is 0 Å². The van der Waals surface area contributed by atoms with Gasteiger partial charge in [0, 0.05) is 120 Å². The van der Waals surface area contributed by atoms with E-state index in [2.05, 4.69) is 168 Å². The third-order valence-electron chi connectivity index (χ3n) is 25.9. The molecule has 0 fully saturated rings. The Kier molecular flexibility index (Phi) is 19.0. The topological polar surface area (TPSA) is 225 Å². The molecule has 0 bridgehead atoms. The highest BCUT2D eigenvalue weighted by molar-refractivity contribution is 7.22. The van der Waals surface area contributed by atoms with Crippen LogP contribution in [0.5, 0.6) is 0 Å². The van der Waals surface area contributed by atoms with Crippen molar-refractivity contribution in [1.29, 1.82) is 0 Å². The van der Waals surface area contributed by atoms with E-state index < -0.39 is 0 Å². The van der Waals surface area contributed by atoms with Crippen molar-refractivity contribution in [2.24, 2.45) is 0 Å². The number of para-hydroxylation sites is 8. The molecule has 30 rings (SSSR count). The van der Waals surface area contributed by atoms with E-state index in [1.165, 1.54) is 0 Å². The Morgan fingerprint density at radius 3 is 0.943 bits per heavy atom. The van der Waals surface area contributed by atoms with E-state index in [9.17, 15) is 0 Å². The minimum atomic E-state index is 0.540. The Balaban J connectivity index is 0.000000104. The number of thiazole rings is 3. The van der Waals surface area contributed by atoms with Gasteiger partial charge in [-0.3, -0.25) is 4.57 Å². The van der Waals surface area contributed by atoms with E-state index in [-0.39, 0.29) is 0 Å². The van der Waals surface area contributed by atoms with Gasteiger partial charge in [-0.15, -0.1) is 34.0 Å². The number of hydrogen-bond donors (Lipinski definition) is 0. The molecule has 0 aliphatic heterocycles. The van der Waals surface area contributed by atoms with E-state index in [0.29, 0.717) is 52.5 Å². The maximum atomic E-state index is 6.40. The first-order valence-electron chi connectivity index (χ1n) is 46.0. The number of hydrogen-bond acceptors (Lipinski definition) is 20. The Labute approximate surface area is 811 Å². The fraction of sp³-hybridized carbons (Fsp3) is 0. The standard InChI is InChI=1S/C40H23N5OS.2C40H22N4O2S/c1-2-11-24(12-3-1)37-42-38(44-40(43-37)45-31-17-7-4-13-26(31)27-14-5-8-18-32(27)45)28-15-10-19-34-36(28)29-23-25(21-22-33(29)46-34)39-41-30-16-6-9-20-35(30)47-39;1-2-10-23(11-3-1)37-42-38(44-39(43-37)28-15-8-13-26-25-12-4-6-17-31(25)46-36(26)28)27-14-9-18-33-35(27)29-22-24(20-21-32(29)45-33)40-41-30-16-5-7-19-34(30)47-40;1-2-9-23(10-3-1)37-42-38(24-17-19-27-26-11-4-6-14-31(26)46-34(27)22-24)44-39(43-37)28-12-8-15-33-36(28)29-21-25(18-20-32(29)45-33)40-41-30-13-5-7-16-35(30)47-40/h1-23H;2*1-22H. The molecule has 0 amide bonds. The summed E-state index contributed by atoms with van der Waals surface area (Å²) in [5, 5.41) is 15.2. The molecule has 141 heavy (non-hydrogen) atoms. The Bertz CT molecular complexity index is 10100. The molecule has 12 aromatic heterocycles. The Morgan fingerprint density at radius 1 is 0.177 bits per heavy atom. The quantitative estimate of drug-likeness (QED) is 0.111. The van der Waals surface area contributed by atoms with E-state index in [4.69, 9.17) is 81.9 Å². The van der Waals surface area contributed by atoms with Gasteiger partial charge in [0.25, 0.3) is 0 Å². The van der Waals surface area contributed by atoms with Gasteiger partial charge < -0.3 is 22.1 Å². The third-order valence-corrected chi connectivity index (χ3v) is 29.1. The summed E-state index contributed by atoms with van der Waals surface area (Å²) in [6.07, 6.45) is 0. The summed E-state index contributed by atoms with van der Waals surface area (Å²) < 4.78 is 37.4. The smallest absolute Gasteiger partial charge is 0.238 e. The lowest BCUT2D eigenvalue weighted by Crippen LogP contribution is -2.06. The number of fused-ring (bicyclic) bond motifs is 21. The summed E-state index contributed by atoms with van der Waals surface area (Å²) in [4.78, 5) is 60.4. The maximum Gasteiger partial charge on any atom is 0.238 e. The maximum absolute atomic E-state index is 6.40. The predicted octanol–water partition coefficient (Wildman–Crippen LogP) is 32.4. The van der Waals surface area contributed by atoms with Gasteiger partial charge in [-0.25, -0.2) is 49.8 Å². The first-order chi connectivity index (χ1) is 69.8. The van der Waals surface area contributed by atoms with Crippen molar-refractivity contribution in [1.82, 2.24) is 64.4 Å². The van der Waals surface area contributed by atoms with Crippen LogP contribution >= 0.6 is 34.0 Å². The molecule has 0 aliphatic rings. The van der Waals surface area contributed by atoms with Gasteiger partial charge in [0.2, 0.25) is 5.95 Å². The minimum absolute atomic E-state index is 0.540. The second kappa shape index (κ2) is 33.2. The van der Waals surface area contributed by atoms with Crippen molar-refractivity contribution in [2.45, 2.75) is 0 Å². The predicted molar refractivity (Wildman–Crippen MR) is 570 cm³/mol. The van der Waals surface area contributed by atoms with E-state index in [1.807, 2.05) is 243 Å². The molecule has 0 atom stereocenters.